The standard InChI is InChI=1S/C15H13N3O3S/c1-20-10-3-4-11(21-2)13-12(10)17-15(22-13)18-14(19)9-5-7-16-8-6-9/h3-8H,1-2H3,(H,17,18,19). The van der Waals surface area contributed by atoms with Gasteiger partial charge in [0.2, 0.25) is 0 Å². The Hall–Kier alpha value is -2.67. The average molecular weight is 315 g/mol. The van der Waals surface area contributed by atoms with Crippen molar-refractivity contribution in [2.24, 2.45) is 0 Å². The first kappa shape index (κ1) is 14.3. The van der Waals surface area contributed by atoms with Crippen LogP contribution in [-0.2, 0) is 0 Å². The van der Waals surface area contributed by atoms with Gasteiger partial charge in [0.15, 0.2) is 5.13 Å². The number of carbonyl (C=O) groups excluding carboxylic acids is 1. The van der Waals surface area contributed by atoms with Crippen LogP contribution in [0.3, 0.4) is 0 Å². The molecule has 0 spiro atoms. The molecule has 112 valence electrons. The van der Waals surface area contributed by atoms with E-state index in [2.05, 4.69) is 15.3 Å². The molecule has 0 unspecified atom stereocenters. The molecule has 1 amide bonds. The number of thiazole rings is 1. The summed E-state index contributed by atoms with van der Waals surface area (Å²) in [6.07, 6.45) is 3.14. The summed E-state index contributed by atoms with van der Waals surface area (Å²) in [6.45, 7) is 0. The Morgan fingerprint density at radius 1 is 1.09 bits per heavy atom. The first-order chi connectivity index (χ1) is 10.7. The van der Waals surface area contributed by atoms with Crippen LogP contribution in [0.1, 0.15) is 10.4 Å². The number of hydrogen-bond acceptors (Lipinski definition) is 6. The summed E-state index contributed by atoms with van der Waals surface area (Å²) in [6, 6.07) is 6.89. The highest BCUT2D eigenvalue weighted by molar-refractivity contribution is 7.22. The van der Waals surface area contributed by atoms with E-state index in [-0.39, 0.29) is 5.91 Å². The van der Waals surface area contributed by atoms with Crippen molar-refractivity contribution in [2.75, 3.05) is 19.5 Å². The van der Waals surface area contributed by atoms with Crippen molar-refractivity contribution in [1.29, 1.82) is 0 Å². The number of aromatic nitrogens is 2. The van der Waals surface area contributed by atoms with Gasteiger partial charge in [-0.1, -0.05) is 11.3 Å². The first-order valence-electron chi connectivity index (χ1n) is 6.46. The van der Waals surface area contributed by atoms with Gasteiger partial charge in [0.05, 0.1) is 14.2 Å². The molecular formula is C15H13N3O3S. The molecule has 3 aromatic rings. The van der Waals surface area contributed by atoms with Gasteiger partial charge in [0.1, 0.15) is 21.7 Å². The maximum atomic E-state index is 12.2. The molecule has 1 N–H and O–H groups in total. The van der Waals surface area contributed by atoms with Crippen molar-refractivity contribution in [3.8, 4) is 11.5 Å². The lowest BCUT2D eigenvalue weighted by Gasteiger charge is -2.03. The van der Waals surface area contributed by atoms with Crippen LogP contribution >= 0.6 is 11.3 Å². The Balaban J connectivity index is 1.97. The largest absolute Gasteiger partial charge is 0.495 e. The minimum absolute atomic E-state index is 0.237. The molecule has 6 nitrogen and oxygen atoms in total. The number of anilines is 1. The predicted octanol–water partition coefficient (Wildman–Crippen LogP) is 2.96. The molecular weight excluding hydrogens is 302 g/mol. The van der Waals surface area contributed by atoms with E-state index in [9.17, 15) is 4.79 Å². The topological polar surface area (TPSA) is 73.3 Å². The van der Waals surface area contributed by atoms with Crippen molar-refractivity contribution < 1.29 is 14.3 Å². The quantitative estimate of drug-likeness (QED) is 0.801. The molecule has 0 aliphatic carbocycles. The summed E-state index contributed by atoms with van der Waals surface area (Å²) < 4.78 is 11.4. The highest BCUT2D eigenvalue weighted by Crippen LogP contribution is 2.38. The third-order valence-corrected chi connectivity index (χ3v) is 4.06. The second-order valence-corrected chi connectivity index (χ2v) is 5.36. The van der Waals surface area contributed by atoms with Gasteiger partial charge in [-0.15, -0.1) is 0 Å². The van der Waals surface area contributed by atoms with E-state index in [0.29, 0.717) is 27.7 Å². The van der Waals surface area contributed by atoms with Crippen molar-refractivity contribution in [3.63, 3.8) is 0 Å². The molecule has 7 heteroatoms. The first-order valence-corrected chi connectivity index (χ1v) is 7.27. The summed E-state index contributed by atoms with van der Waals surface area (Å²) in [5.41, 5.74) is 1.19. The number of methoxy groups -OCH3 is 2. The van der Waals surface area contributed by atoms with Crippen molar-refractivity contribution in [3.05, 3.63) is 42.2 Å². The summed E-state index contributed by atoms with van der Waals surface area (Å²) in [5, 5.41) is 3.27. The Bertz CT molecular complexity index is 777. The Kier molecular flexibility index (Phi) is 3.88. The van der Waals surface area contributed by atoms with Gasteiger partial charge in [0, 0.05) is 18.0 Å². The third-order valence-electron chi connectivity index (χ3n) is 3.07. The lowest BCUT2D eigenvalue weighted by atomic mass is 10.2. The molecule has 0 bridgehead atoms. The second-order valence-electron chi connectivity index (χ2n) is 4.36. The lowest BCUT2D eigenvalue weighted by Crippen LogP contribution is -2.11. The van der Waals surface area contributed by atoms with Crippen LogP contribution in [0.25, 0.3) is 10.2 Å². The summed E-state index contributed by atoms with van der Waals surface area (Å²) in [5.74, 6) is 1.09. The number of nitrogens with one attached hydrogen (secondary N) is 1. The molecule has 0 saturated carbocycles. The zero-order valence-electron chi connectivity index (χ0n) is 12.0. The Labute approximate surface area is 130 Å². The minimum Gasteiger partial charge on any atom is -0.495 e. The molecule has 1 aromatic carbocycles. The molecule has 0 aliphatic heterocycles. The van der Waals surface area contributed by atoms with E-state index in [1.165, 1.54) is 11.3 Å². The highest BCUT2D eigenvalue weighted by Gasteiger charge is 2.15. The molecule has 2 aromatic heterocycles. The van der Waals surface area contributed by atoms with Crippen molar-refractivity contribution in [2.45, 2.75) is 0 Å². The van der Waals surface area contributed by atoms with Crippen LogP contribution in [0.5, 0.6) is 11.5 Å². The molecule has 22 heavy (non-hydrogen) atoms. The molecule has 0 saturated heterocycles. The van der Waals surface area contributed by atoms with E-state index in [1.54, 1.807) is 44.8 Å². The number of ether oxygens (including phenoxy) is 2. The number of nitrogens with zero attached hydrogens (tertiary/aromatic N) is 2. The maximum Gasteiger partial charge on any atom is 0.257 e. The zero-order valence-corrected chi connectivity index (χ0v) is 12.8. The monoisotopic (exact) mass is 315 g/mol. The number of hydrogen-bond donors (Lipinski definition) is 1. The highest BCUT2D eigenvalue weighted by atomic mass is 32.1. The van der Waals surface area contributed by atoms with Crippen molar-refractivity contribution in [1.82, 2.24) is 9.97 Å². The fourth-order valence-electron chi connectivity index (χ4n) is 2.01. The van der Waals surface area contributed by atoms with E-state index in [4.69, 9.17) is 9.47 Å². The number of rotatable bonds is 4. The minimum atomic E-state index is -0.237. The summed E-state index contributed by atoms with van der Waals surface area (Å²) in [4.78, 5) is 20.5. The van der Waals surface area contributed by atoms with Crippen LogP contribution in [-0.4, -0.2) is 30.1 Å². The van der Waals surface area contributed by atoms with Crippen LogP contribution in [0, 0.1) is 0 Å². The fourth-order valence-corrected chi connectivity index (χ4v) is 2.98. The van der Waals surface area contributed by atoms with Gasteiger partial charge in [-0.25, -0.2) is 4.98 Å². The van der Waals surface area contributed by atoms with Crippen molar-refractivity contribution >= 4 is 32.6 Å². The van der Waals surface area contributed by atoms with Crippen LogP contribution in [0.2, 0.25) is 0 Å². The van der Waals surface area contributed by atoms with Gasteiger partial charge in [0.25, 0.3) is 5.91 Å². The SMILES string of the molecule is COc1ccc(OC)c2sc(NC(=O)c3ccncc3)nc12. The number of amides is 1. The number of carbonyl (C=O) groups is 1. The second kappa shape index (κ2) is 5.98. The van der Waals surface area contributed by atoms with Gasteiger partial charge < -0.3 is 9.47 Å². The maximum absolute atomic E-state index is 12.2. The van der Waals surface area contributed by atoms with E-state index >= 15 is 0 Å². The molecule has 0 fully saturated rings. The fraction of sp³-hybridized carbons (Fsp3) is 0.133. The van der Waals surface area contributed by atoms with Crippen LogP contribution in [0.4, 0.5) is 5.13 Å². The predicted molar refractivity (Wildman–Crippen MR) is 84.9 cm³/mol. The summed E-state index contributed by atoms with van der Waals surface area (Å²) >= 11 is 1.34. The van der Waals surface area contributed by atoms with Crippen LogP contribution < -0.4 is 14.8 Å². The van der Waals surface area contributed by atoms with Crippen LogP contribution in [0.15, 0.2) is 36.7 Å². The Morgan fingerprint density at radius 3 is 2.45 bits per heavy atom. The normalized spacial score (nSPS) is 10.5. The van der Waals surface area contributed by atoms with Gasteiger partial charge >= 0.3 is 0 Å². The van der Waals surface area contributed by atoms with E-state index in [1.807, 2.05) is 6.07 Å². The number of benzene rings is 1. The number of pyridine rings is 1. The molecule has 3 rings (SSSR count). The molecule has 0 aliphatic rings. The molecule has 2 heterocycles. The van der Waals surface area contributed by atoms with Gasteiger partial charge in [-0.05, 0) is 24.3 Å². The number of fused-ring (bicyclic) bond motifs is 1. The molecule has 0 atom stereocenters. The van der Waals surface area contributed by atoms with E-state index in [0.717, 1.165) is 4.70 Å². The van der Waals surface area contributed by atoms with E-state index < -0.39 is 0 Å². The van der Waals surface area contributed by atoms with Gasteiger partial charge in [-0.3, -0.25) is 15.1 Å². The summed E-state index contributed by atoms with van der Waals surface area (Å²) in [7, 11) is 3.17. The average Bonchev–Trinajstić information content (AvgIpc) is 2.98. The lowest BCUT2D eigenvalue weighted by molar-refractivity contribution is 0.102. The molecule has 0 radical (unpaired) electrons. The third kappa shape index (κ3) is 2.58. The Morgan fingerprint density at radius 2 is 1.77 bits per heavy atom. The van der Waals surface area contributed by atoms with Gasteiger partial charge in [-0.2, -0.15) is 0 Å². The smallest absolute Gasteiger partial charge is 0.257 e. The zero-order chi connectivity index (χ0) is 15.5.